The molecule has 0 aliphatic heterocycles. The number of rotatable bonds is 8. The van der Waals surface area contributed by atoms with E-state index < -0.39 is 10.0 Å². The molecule has 0 saturated carbocycles. The molecular weight excluding hydrogens is 358 g/mol. The van der Waals surface area contributed by atoms with E-state index in [0.717, 1.165) is 4.47 Å². The third kappa shape index (κ3) is 6.48. The summed E-state index contributed by atoms with van der Waals surface area (Å²) in [4.78, 5) is 11.2. The fraction of sp³-hybridized carbons (Fsp3) is 0.500. The molecule has 5 nitrogen and oxygen atoms in total. The largest absolute Gasteiger partial charge is 0.466 e. The van der Waals surface area contributed by atoms with E-state index in [1.54, 1.807) is 31.2 Å². The lowest BCUT2D eigenvalue weighted by molar-refractivity contribution is -0.143. The van der Waals surface area contributed by atoms with Crippen molar-refractivity contribution in [2.75, 3.05) is 23.7 Å². The van der Waals surface area contributed by atoms with E-state index in [4.69, 9.17) is 4.74 Å². The van der Waals surface area contributed by atoms with Crippen LogP contribution in [-0.4, -0.2) is 33.8 Å². The van der Waals surface area contributed by atoms with Crippen molar-refractivity contribution >= 4 is 37.6 Å². The van der Waals surface area contributed by atoms with Crippen molar-refractivity contribution in [3.05, 3.63) is 28.7 Å². The van der Waals surface area contributed by atoms with Gasteiger partial charge < -0.3 is 4.74 Å². The second kappa shape index (κ2) is 8.38. The number of ether oxygens (including phenoxy) is 1. The van der Waals surface area contributed by atoms with Crippen LogP contribution in [0.1, 0.15) is 26.2 Å². The Morgan fingerprint density at radius 3 is 2.38 bits per heavy atom. The Kier molecular flexibility index (Phi) is 7.17. The maximum Gasteiger partial charge on any atom is 0.305 e. The SMILES string of the molecule is CCOC(=O)CCCCN(c1ccc(Br)cc1)S(C)(=O)=O. The van der Waals surface area contributed by atoms with E-state index in [1.807, 2.05) is 0 Å². The molecule has 118 valence electrons. The van der Waals surface area contributed by atoms with Gasteiger partial charge in [-0.2, -0.15) is 0 Å². The van der Waals surface area contributed by atoms with Gasteiger partial charge in [-0.3, -0.25) is 9.10 Å². The van der Waals surface area contributed by atoms with E-state index >= 15 is 0 Å². The summed E-state index contributed by atoms with van der Waals surface area (Å²) in [6.45, 7) is 2.48. The van der Waals surface area contributed by atoms with Crippen molar-refractivity contribution in [3.63, 3.8) is 0 Å². The lowest BCUT2D eigenvalue weighted by Crippen LogP contribution is -2.30. The predicted molar refractivity (Wildman–Crippen MR) is 86.8 cm³/mol. The van der Waals surface area contributed by atoms with Crippen LogP contribution in [0, 0.1) is 0 Å². The van der Waals surface area contributed by atoms with Crippen LogP contribution in [0.4, 0.5) is 5.69 Å². The summed E-state index contributed by atoms with van der Waals surface area (Å²) in [7, 11) is -3.34. The van der Waals surface area contributed by atoms with Gasteiger partial charge in [-0.15, -0.1) is 0 Å². The molecule has 0 aromatic heterocycles. The lowest BCUT2D eigenvalue weighted by atomic mass is 10.2. The highest BCUT2D eigenvalue weighted by Gasteiger charge is 2.17. The van der Waals surface area contributed by atoms with Crippen LogP contribution >= 0.6 is 15.9 Å². The van der Waals surface area contributed by atoms with Crippen molar-refractivity contribution in [2.45, 2.75) is 26.2 Å². The quantitative estimate of drug-likeness (QED) is 0.515. The fourth-order valence-corrected chi connectivity index (χ4v) is 3.08. The van der Waals surface area contributed by atoms with Gasteiger partial charge in [-0.05, 0) is 44.0 Å². The highest BCUT2D eigenvalue weighted by molar-refractivity contribution is 9.10. The topological polar surface area (TPSA) is 63.7 Å². The Bertz CT molecular complexity index is 557. The molecule has 21 heavy (non-hydrogen) atoms. The third-order valence-corrected chi connectivity index (χ3v) is 4.54. The zero-order chi connectivity index (χ0) is 15.9. The molecule has 1 aromatic rings. The molecule has 7 heteroatoms. The molecule has 0 unspecified atom stereocenters. The van der Waals surface area contributed by atoms with E-state index in [1.165, 1.54) is 10.6 Å². The molecule has 0 spiro atoms. The fourth-order valence-electron chi connectivity index (χ4n) is 1.85. The molecule has 0 aliphatic rings. The Morgan fingerprint density at radius 2 is 1.86 bits per heavy atom. The maximum absolute atomic E-state index is 11.9. The molecule has 0 amide bonds. The van der Waals surface area contributed by atoms with Crippen LogP contribution in [0.25, 0.3) is 0 Å². The summed E-state index contributed by atoms with van der Waals surface area (Å²) in [6.07, 6.45) is 2.69. The van der Waals surface area contributed by atoms with Gasteiger partial charge >= 0.3 is 5.97 Å². The molecular formula is C14H20BrNO4S. The molecule has 0 bridgehead atoms. The maximum atomic E-state index is 11.9. The van der Waals surface area contributed by atoms with Crippen LogP contribution < -0.4 is 4.31 Å². The lowest BCUT2D eigenvalue weighted by Gasteiger charge is -2.22. The van der Waals surface area contributed by atoms with E-state index in [0.29, 0.717) is 38.1 Å². The number of unbranched alkanes of at least 4 members (excludes halogenated alkanes) is 1. The number of hydrogen-bond donors (Lipinski definition) is 0. The number of hydrogen-bond acceptors (Lipinski definition) is 4. The van der Waals surface area contributed by atoms with Gasteiger partial charge in [-0.1, -0.05) is 15.9 Å². The Balaban J connectivity index is 2.61. The zero-order valence-electron chi connectivity index (χ0n) is 12.2. The van der Waals surface area contributed by atoms with Gasteiger partial charge in [0.2, 0.25) is 10.0 Å². The second-order valence-electron chi connectivity index (χ2n) is 4.57. The normalized spacial score (nSPS) is 11.2. The van der Waals surface area contributed by atoms with Crippen molar-refractivity contribution < 1.29 is 17.9 Å². The Hall–Kier alpha value is -1.08. The standard InChI is InChI=1S/C14H20BrNO4S/c1-3-20-14(17)6-4-5-11-16(21(2,18)19)13-9-7-12(15)8-10-13/h7-10H,3-6,11H2,1-2H3. The first kappa shape index (κ1) is 18.0. The molecule has 0 fully saturated rings. The van der Waals surface area contributed by atoms with Gasteiger partial charge in [-0.25, -0.2) is 8.42 Å². The number of nitrogens with zero attached hydrogens (tertiary/aromatic N) is 1. The highest BCUT2D eigenvalue weighted by Crippen LogP contribution is 2.21. The molecule has 0 N–H and O–H groups in total. The van der Waals surface area contributed by atoms with Gasteiger partial charge in [0.15, 0.2) is 0 Å². The van der Waals surface area contributed by atoms with Gasteiger partial charge in [0.25, 0.3) is 0 Å². The van der Waals surface area contributed by atoms with Crippen LogP contribution in [0.2, 0.25) is 0 Å². The second-order valence-corrected chi connectivity index (χ2v) is 7.40. The van der Waals surface area contributed by atoms with Crippen molar-refractivity contribution in [3.8, 4) is 0 Å². The average Bonchev–Trinajstić information content (AvgIpc) is 2.39. The van der Waals surface area contributed by atoms with Gasteiger partial charge in [0.1, 0.15) is 0 Å². The molecule has 0 heterocycles. The Labute approximate surface area is 134 Å². The van der Waals surface area contributed by atoms with Gasteiger partial charge in [0.05, 0.1) is 18.6 Å². The molecule has 0 atom stereocenters. The number of anilines is 1. The van der Waals surface area contributed by atoms with Crippen molar-refractivity contribution in [2.24, 2.45) is 0 Å². The minimum Gasteiger partial charge on any atom is -0.466 e. The summed E-state index contributed by atoms with van der Waals surface area (Å²) in [5.74, 6) is -0.243. The monoisotopic (exact) mass is 377 g/mol. The van der Waals surface area contributed by atoms with E-state index in [2.05, 4.69) is 15.9 Å². The van der Waals surface area contributed by atoms with E-state index in [9.17, 15) is 13.2 Å². The summed E-state index contributed by atoms with van der Waals surface area (Å²) in [5.41, 5.74) is 0.622. The van der Waals surface area contributed by atoms with Crippen molar-refractivity contribution in [1.29, 1.82) is 0 Å². The van der Waals surface area contributed by atoms with Crippen LogP contribution in [-0.2, 0) is 19.6 Å². The first-order chi connectivity index (χ1) is 9.84. The summed E-state index contributed by atoms with van der Waals surface area (Å²) in [5, 5.41) is 0. The predicted octanol–water partition coefficient (Wildman–Crippen LogP) is 2.95. The molecule has 0 saturated heterocycles. The zero-order valence-corrected chi connectivity index (χ0v) is 14.6. The minimum absolute atomic E-state index is 0.243. The first-order valence-electron chi connectivity index (χ1n) is 6.73. The third-order valence-electron chi connectivity index (χ3n) is 2.81. The van der Waals surface area contributed by atoms with E-state index in [-0.39, 0.29) is 5.97 Å². The number of esters is 1. The number of benzene rings is 1. The molecule has 1 rings (SSSR count). The first-order valence-corrected chi connectivity index (χ1v) is 9.37. The summed E-state index contributed by atoms with van der Waals surface area (Å²) >= 11 is 3.32. The van der Waals surface area contributed by atoms with Crippen molar-refractivity contribution in [1.82, 2.24) is 0 Å². The highest BCUT2D eigenvalue weighted by atomic mass is 79.9. The Morgan fingerprint density at radius 1 is 1.24 bits per heavy atom. The number of sulfonamides is 1. The molecule has 0 radical (unpaired) electrons. The number of carbonyl (C=O) groups is 1. The summed E-state index contributed by atoms with van der Waals surface area (Å²) in [6, 6.07) is 7.09. The van der Waals surface area contributed by atoms with Crippen LogP contribution in [0.15, 0.2) is 28.7 Å². The minimum atomic E-state index is -3.34. The summed E-state index contributed by atoms with van der Waals surface area (Å²) < 4.78 is 30.8. The van der Waals surface area contributed by atoms with Gasteiger partial charge in [0, 0.05) is 17.4 Å². The van der Waals surface area contributed by atoms with Crippen LogP contribution in [0.5, 0.6) is 0 Å². The smallest absolute Gasteiger partial charge is 0.305 e. The number of halogens is 1. The average molecular weight is 378 g/mol. The van der Waals surface area contributed by atoms with Crippen LogP contribution in [0.3, 0.4) is 0 Å². The molecule has 1 aromatic carbocycles. The molecule has 0 aliphatic carbocycles. The number of carbonyl (C=O) groups excluding carboxylic acids is 1.